The number of halogens is 1. The van der Waals surface area contributed by atoms with E-state index in [0.717, 1.165) is 5.56 Å². The summed E-state index contributed by atoms with van der Waals surface area (Å²) in [5.41, 5.74) is 1.63. The lowest BCUT2D eigenvalue weighted by Gasteiger charge is -2.08. The van der Waals surface area contributed by atoms with Crippen molar-refractivity contribution in [2.24, 2.45) is 0 Å². The van der Waals surface area contributed by atoms with Gasteiger partial charge in [-0.3, -0.25) is 0 Å². The second-order valence-corrected chi connectivity index (χ2v) is 4.08. The largest absolute Gasteiger partial charge is 0.456 e. The summed E-state index contributed by atoms with van der Waals surface area (Å²) < 4.78 is 5.65. The molecule has 0 fully saturated rings. The molecule has 0 amide bonds. The molecule has 0 heterocycles. The Labute approximate surface area is 105 Å². The Morgan fingerprint density at radius 3 is 2.71 bits per heavy atom. The highest BCUT2D eigenvalue weighted by atomic mass is 35.5. The summed E-state index contributed by atoms with van der Waals surface area (Å²) in [4.78, 5) is 0. The fourth-order valence-corrected chi connectivity index (χ4v) is 1.61. The molecular weight excluding hydrogens is 234 g/mol. The van der Waals surface area contributed by atoms with Crippen molar-refractivity contribution in [1.82, 2.24) is 0 Å². The third-order valence-electron chi connectivity index (χ3n) is 2.28. The minimum atomic E-state index is 0.491. The molecule has 3 heteroatoms. The third kappa shape index (κ3) is 2.77. The lowest BCUT2D eigenvalue weighted by molar-refractivity contribution is 0.482. The lowest BCUT2D eigenvalue weighted by atomic mass is 10.2. The molecule has 2 aromatic carbocycles. The number of ether oxygens (including phenoxy) is 1. The van der Waals surface area contributed by atoms with Crippen molar-refractivity contribution in [3.05, 3.63) is 58.6 Å². The van der Waals surface area contributed by atoms with Gasteiger partial charge in [0.25, 0.3) is 0 Å². The lowest BCUT2D eigenvalue weighted by Crippen LogP contribution is -1.87. The zero-order chi connectivity index (χ0) is 12.3. The van der Waals surface area contributed by atoms with Crippen LogP contribution in [0.5, 0.6) is 11.5 Å². The second-order valence-electron chi connectivity index (χ2n) is 3.68. The van der Waals surface area contributed by atoms with Crippen LogP contribution < -0.4 is 4.74 Å². The predicted octanol–water partition coefficient (Wildman–Crippen LogP) is 4.31. The first-order chi connectivity index (χ1) is 8.19. The predicted molar refractivity (Wildman–Crippen MR) is 67.4 cm³/mol. The van der Waals surface area contributed by atoms with E-state index >= 15 is 0 Å². The summed E-state index contributed by atoms with van der Waals surface area (Å²) in [5, 5.41) is 9.31. The monoisotopic (exact) mass is 243 g/mol. The van der Waals surface area contributed by atoms with Gasteiger partial charge in [-0.15, -0.1) is 0 Å². The SMILES string of the molecule is Cc1cccc(Oc2cc(C#N)ccc2Cl)c1. The highest BCUT2D eigenvalue weighted by Crippen LogP contribution is 2.30. The minimum Gasteiger partial charge on any atom is -0.456 e. The van der Waals surface area contributed by atoms with E-state index in [1.807, 2.05) is 31.2 Å². The number of benzene rings is 2. The van der Waals surface area contributed by atoms with Gasteiger partial charge in [-0.05, 0) is 36.8 Å². The van der Waals surface area contributed by atoms with E-state index in [0.29, 0.717) is 22.1 Å². The number of aryl methyl sites for hydroxylation is 1. The van der Waals surface area contributed by atoms with Crippen LogP contribution >= 0.6 is 11.6 Å². The molecule has 0 saturated heterocycles. The fraction of sp³-hybridized carbons (Fsp3) is 0.0714. The topological polar surface area (TPSA) is 33.0 Å². The minimum absolute atomic E-state index is 0.491. The van der Waals surface area contributed by atoms with Crippen molar-refractivity contribution in [2.45, 2.75) is 6.92 Å². The van der Waals surface area contributed by atoms with Gasteiger partial charge in [-0.1, -0.05) is 23.7 Å². The fourth-order valence-electron chi connectivity index (χ4n) is 1.46. The van der Waals surface area contributed by atoms with Gasteiger partial charge < -0.3 is 4.74 Å². The molecule has 0 aliphatic rings. The average molecular weight is 244 g/mol. The van der Waals surface area contributed by atoms with Crippen molar-refractivity contribution in [3.63, 3.8) is 0 Å². The van der Waals surface area contributed by atoms with Crippen LogP contribution in [-0.2, 0) is 0 Å². The number of hydrogen-bond acceptors (Lipinski definition) is 2. The van der Waals surface area contributed by atoms with E-state index in [-0.39, 0.29) is 0 Å². The molecule has 0 aliphatic heterocycles. The first-order valence-corrected chi connectivity index (χ1v) is 5.51. The van der Waals surface area contributed by atoms with Crippen molar-refractivity contribution < 1.29 is 4.74 Å². The number of rotatable bonds is 2. The van der Waals surface area contributed by atoms with E-state index < -0.39 is 0 Å². The Morgan fingerprint density at radius 1 is 1.18 bits per heavy atom. The summed E-state index contributed by atoms with van der Waals surface area (Å²) in [6, 6.07) is 14.7. The van der Waals surface area contributed by atoms with Gasteiger partial charge in [-0.25, -0.2) is 0 Å². The molecule has 2 nitrogen and oxygen atoms in total. The summed E-state index contributed by atoms with van der Waals surface area (Å²) in [6.45, 7) is 1.99. The Balaban J connectivity index is 2.33. The quantitative estimate of drug-likeness (QED) is 0.787. The summed E-state index contributed by atoms with van der Waals surface area (Å²) in [7, 11) is 0. The summed E-state index contributed by atoms with van der Waals surface area (Å²) in [5.74, 6) is 1.21. The second kappa shape index (κ2) is 4.90. The van der Waals surface area contributed by atoms with Gasteiger partial charge in [0.05, 0.1) is 16.7 Å². The highest BCUT2D eigenvalue weighted by molar-refractivity contribution is 6.32. The van der Waals surface area contributed by atoms with Crippen LogP contribution in [0.2, 0.25) is 5.02 Å². The van der Waals surface area contributed by atoms with Gasteiger partial charge in [0.2, 0.25) is 0 Å². The molecule has 0 unspecified atom stereocenters. The smallest absolute Gasteiger partial charge is 0.147 e. The first-order valence-electron chi connectivity index (χ1n) is 5.13. The van der Waals surface area contributed by atoms with Gasteiger partial charge in [0.15, 0.2) is 0 Å². The molecule has 0 saturated carbocycles. The molecule has 0 N–H and O–H groups in total. The first kappa shape index (κ1) is 11.5. The van der Waals surface area contributed by atoms with Crippen molar-refractivity contribution in [2.75, 3.05) is 0 Å². The maximum Gasteiger partial charge on any atom is 0.147 e. The van der Waals surface area contributed by atoms with E-state index in [9.17, 15) is 0 Å². The zero-order valence-corrected chi connectivity index (χ0v) is 10.0. The van der Waals surface area contributed by atoms with E-state index in [1.165, 1.54) is 0 Å². The molecule has 0 aromatic heterocycles. The summed E-state index contributed by atoms with van der Waals surface area (Å²) >= 11 is 6.01. The number of nitriles is 1. The van der Waals surface area contributed by atoms with Crippen LogP contribution in [0.1, 0.15) is 11.1 Å². The molecule has 0 aliphatic carbocycles. The van der Waals surface area contributed by atoms with Gasteiger partial charge >= 0.3 is 0 Å². The molecular formula is C14H10ClNO. The van der Waals surface area contributed by atoms with E-state index in [4.69, 9.17) is 21.6 Å². The van der Waals surface area contributed by atoms with Crippen LogP contribution in [0.15, 0.2) is 42.5 Å². The number of hydrogen-bond donors (Lipinski definition) is 0. The molecule has 0 bridgehead atoms. The molecule has 0 atom stereocenters. The Bertz CT molecular complexity index is 587. The van der Waals surface area contributed by atoms with Crippen LogP contribution in [0.4, 0.5) is 0 Å². The third-order valence-corrected chi connectivity index (χ3v) is 2.59. The van der Waals surface area contributed by atoms with E-state index in [1.54, 1.807) is 18.2 Å². The standard InChI is InChI=1S/C14H10ClNO/c1-10-3-2-4-12(7-10)17-14-8-11(9-16)5-6-13(14)15/h2-8H,1H3. The molecule has 0 radical (unpaired) electrons. The van der Waals surface area contributed by atoms with Crippen molar-refractivity contribution >= 4 is 11.6 Å². The Kier molecular flexibility index (Phi) is 3.32. The van der Waals surface area contributed by atoms with Crippen LogP contribution in [0.3, 0.4) is 0 Å². The normalized spacial score (nSPS) is 9.71. The van der Waals surface area contributed by atoms with Gasteiger partial charge in [0.1, 0.15) is 11.5 Å². The van der Waals surface area contributed by atoms with Crippen molar-refractivity contribution in [3.8, 4) is 17.6 Å². The van der Waals surface area contributed by atoms with Crippen LogP contribution in [-0.4, -0.2) is 0 Å². The van der Waals surface area contributed by atoms with Crippen LogP contribution in [0.25, 0.3) is 0 Å². The van der Waals surface area contributed by atoms with Gasteiger partial charge in [0, 0.05) is 6.07 Å². The van der Waals surface area contributed by atoms with Crippen LogP contribution in [0, 0.1) is 18.3 Å². The maximum atomic E-state index is 8.81. The maximum absolute atomic E-state index is 8.81. The average Bonchev–Trinajstić information content (AvgIpc) is 2.32. The highest BCUT2D eigenvalue weighted by Gasteiger charge is 2.04. The molecule has 2 rings (SSSR count). The number of nitrogens with zero attached hydrogens (tertiary/aromatic N) is 1. The molecule has 17 heavy (non-hydrogen) atoms. The van der Waals surface area contributed by atoms with Crippen molar-refractivity contribution in [1.29, 1.82) is 5.26 Å². The molecule has 0 spiro atoms. The summed E-state index contributed by atoms with van der Waals surface area (Å²) in [6.07, 6.45) is 0. The van der Waals surface area contributed by atoms with E-state index in [2.05, 4.69) is 6.07 Å². The Morgan fingerprint density at radius 2 is 2.00 bits per heavy atom. The Hall–Kier alpha value is -1.98. The van der Waals surface area contributed by atoms with Gasteiger partial charge in [-0.2, -0.15) is 5.26 Å². The zero-order valence-electron chi connectivity index (χ0n) is 9.27. The molecule has 2 aromatic rings. The molecule has 84 valence electrons.